The van der Waals surface area contributed by atoms with Gasteiger partial charge in [-0.25, -0.2) is 0 Å². The SMILES string of the molecule is CCCOC(=O)C[C@H](N)C(F)(F)F. The molecule has 0 aliphatic rings. The maximum absolute atomic E-state index is 11.8. The summed E-state index contributed by atoms with van der Waals surface area (Å²) < 4.78 is 39.8. The Morgan fingerprint density at radius 2 is 2.08 bits per heavy atom. The molecule has 0 aliphatic carbocycles. The molecule has 0 aromatic heterocycles. The Kier molecular flexibility index (Phi) is 4.76. The minimum Gasteiger partial charge on any atom is -0.466 e. The lowest BCUT2D eigenvalue weighted by molar-refractivity contribution is -0.164. The van der Waals surface area contributed by atoms with Gasteiger partial charge in [0.05, 0.1) is 13.0 Å². The van der Waals surface area contributed by atoms with Crippen LogP contribution < -0.4 is 5.73 Å². The summed E-state index contributed by atoms with van der Waals surface area (Å²) in [4.78, 5) is 10.7. The molecule has 0 spiro atoms. The quantitative estimate of drug-likeness (QED) is 0.692. The first-order valence-electron chi connectivity index (χ1n) is 3.85. The van der Waals surface area contributed by atoms with Crippen LogP contribution in [0.3, 0.4) is 0 Å². The number of hydrogen-bond acceptors (Lipinski definition) is 3. The summed E-state index contributed by atoms with van der Waals surface area (Å²) in [6.07, 6.45) is -4.78. The van der Waals surface area contributed by atoms with Crippen molar-refractivity contribution in [3.8, 4) is 0 Å². The van der Waals surface area contributed by atoms with E-state index in [0.29, 0.717) is 6.42 Å². The molecule has 78 valence electrons. The lowest BCUT2D eigenvalue weighted by Gasteiger charge is -2.14. The van der Waals surface area contributed by atoms with Crippen LogP contribution in [0.1, 0.15) is 19.8 Å². The molecule has 13 heavy (non-hydrogen) atoms. The first-order chi connectivity index (χ1) is 5.88. The molecule has 2 N–H and O–H groups in total. The van der Waals surface area contributed by atoms with E-state index in [2.05, 4.69) is 4.74 Å². The molecule has 3 nitrogen and oxygen atoms in total. The second kappa shape index (κ2) is 5.06. The maximum Gasteiger partial charge on any atom is 0.404 e. The van der Waals surface area contributed by atoms with E-state index in [1.54, 1.807) is 6.92 Å². The van der Waals surface area contributed by atoms with E-state index in [-0.39, 0.29) is 6.61 Å². The van der Waals surface area contributed by atoms with Crippen LogP contribution in [0.15, 0.2) is 0 Å². The van der Waals surface area contributed by atoms with Gasteiger partial charge in [-0.3, -0.25) is 4.79 Å². The number of esters is 1. The van der Waals surface area contributed by atoms with Crippen molar-refractivity contribution >= 4 is 5.97 Å². The van der Waals surface area contributed by atoms with E-state index in [0.717, 1.165) is 0 Å². The van der Waals surface area contributed by atoms with Gasteiger partial charge in [-0.2, -0.15) is 13.2 Å². The van der Waals surface area contributed by atoms with Gasteiger partial charge in [-0.1, -0.05) is 6.92 Å². The summed E-state index contributed by atoms with van der Waals surface area (Å²) in [6.45, 7) is 1.88. The molecular formula is C7H12F3NO2. The van der Waals surface area contributed by atoms with E-state index >= 15 is 0 Å². The van der Waals surface area contributed by atoms with Gasteiger partial charge in [0.1, 0.15) is 6.04 Å². The zero-order valence-corrected chi connectivity index (χ0v) is 7.23. The van der Waals surface area contributed by atoms with Crippen LogP contribution >= 0.6 is 0 Å². The molecular weight excluding hydrogens is 187 g/mol. The highest BCUT2D eigenvalue weighted by molar-refractivity contribution is 5.70. The number of nitrogens with two attached hydrogens (primary N) is 1. The Morgan fingerprint density at radius 1 is 1.54 bits per heavy atom. The fourth-order valence-electron chi connectivity index (χ4n) is 0.570. The van der Waals surface area contributed by atoms with Crippen molar-refractivity contribution in [3.05, 3.63) is 0 Å². The van der Waals surface area contributed by atoms with Gasteiger partial charge < -0.3 is 10.5 Å². The number of halogens is 3. The molecule has 0 saturated heterocycles. The van der Waals surface area contributed by atoms with Crippen molar-refractivity contribution in [2.75, 3.05) is 6.61 Å². The van der Waals surface area contributed by atoms with Crippen LogP contribution in [-0.2, 0) is 9.53 Å². The Bertz CT molecular complexity index is 170. The summed E-state index contributed by atoms with van der Waals surface area (Å²) in [5.41, 5.74) is 4.70. The third-order valence-corrected chi connectivity index (χ3v) is 1.27. The van der Waals surface area contributed by atoms with Crippen LogP contribution in [0.2, 0.25) is 0 Å². The highest BCUT2D eigenvalue weighted by Gasteiger charge is 2.38. The minimum atomic E-state index is -4.54. The number of hydrogen-bond donors (Lipinski definition) is 1. The van der Waals surface area contributed by atoms with Crippen LogP contribution in [0.5, 0.6) is 0 Å². The first kappa shape index (κ1) is 12.2. The molecule has 6 heteroatoms. The molecule has 0 aromatic rings. The van der Waals surface area contributed by atoms with Crippen molar-refractivity contribution in [2.24, 2.45) is 5.73 Å². The van der Waals surface area contributed by atoms with Gasteiger partial charge in [-0.05, 0) is 6.42 Å². The van der Waals surface area contributed by atoms with Crippen LogP contribution in [-0.4, -0.2) is 24.8 Å². The highest BCUT2D eigenvalue weighted by Crippen LogP contribution is 2.20. The monoisotopic (exact) mass is 199 g/mol. The molecule has 0 bridgehead atoms. The Hall–Kier alpha value is -0.780. The van der Waals surface area contributed by atoms with Crippen molar-refractivity contribution in [1.82, 2.24) is 0 Å². The highest BCUT2D eigenvalue weighted by atomic mass is 19.4. The number of rotatable bonds is 4. The van der Waals surface area contributed by atoms with E-state index in [1.807, 2.05) is 0 Å². The fraction of sp³-hybridized carbons (Fsp3) is 0.857. The average Bonchev–Trinajstić information content (AvgIpc) is 1.99. The van der Waals surface area contributed by atoms with Gasteiger partial charge in [0.25, 0.3) is 0 Å². The molecule has 0 unspecified atom stereocenters. The summed E-state index contributed by atoms with van der Waals surface area (Å²) >= 11 is 0. The number of ether oxygens (including phenoxy) is 1. The predicted molar refractivity (Wildman–Crippen MR) is 39.9 cm³/mol. The van der Waals surface area contributed by atoms with Gasteiger partial charge in [0.15, 0.2) is 0 Å². The third kappa shape index (κ3) is 5.46. The number of carbonyl (C=O) groups excluding carboxylic acids is 1. The lowest BCUT2D eigenvalue weighted by atomic mass is 10.2. The standard InChI is InChI=1S/C7H12F3NO2/c1-2-3-13-6(12)4-5(11)7(8,9)10/h5H,2-4,11H2,1H3/t5-/m0/s1. The second-order valence-corrected chi connectivity index (χ2v) is 2.57. The Labute approximate surface area is 74.0 Å². The number of carbonyl (C=O) groups is 1. The van der Waals surface area contributed by atoms with E-state index in [9.17, 15) is 18.0 Å². The Morgan fingerprint density at radius 3 is 2.46 bits per heavy atom. The summed E-state index contributed by atoms with van der Waals surface area (Å²) in [5, 5.41) is 0. The third-order valence-electron chi connectivity index (χ3n) is 1.27. The molecule has 0 saturated carbocycles. The van der Waals surface area contributed by atoms with Gasteiger partial charge >= 0.3 is 12.1 Å². The van der Waals surface area contributed by atoms with Crippen LogP contribution in [0.4, 0.5) is 13.2 Å². The normalized spacial score (nSPS) is 13.9. The predicted octanol–water partition coefficient (Wildman–Crippen LogP) is 1.22. The van der Waals surface area contributed by atoms with E-state index < -0.39 is 24.6 Å². The van der Waals surface area contributed by atoms with Crippen molar-refractivity contribution < 1.29 is 22.7 Å². The topological polar surface area (TPSA) is 52.3 Å². The van der Waals surface area contributed by atoms with Gasteiger partial charge in [-0.15, -0.1) is 0 Å². The lowest BCUT2D eigenvalue weighted by Crippen LogP contribution is -2.39. The second-order valence-electron chi connectivity index (χ2n) is 2.57. The molecule has 0 fully saturated rings. The molecule has 0 radical (unpaired) electrons. The largest absolute Gasteiger partial charge is 0.466 e. The molecule has 0 rings (SSSR count). The molecule has 0 heterocycles. The zero-order valence-electron chi connectivity index (χ0n) is 7.23. The summed E-state index contributed by atoms with van der Waals surface area (Å²) in [6, 6.07) is -2.13. The number of alkyl halides is 3. The minimum absolute atomic E-state index is 0.128. The molecule has 0 aliphatic heterocycles. The van der Waals surface area contributed by atoms with Crippen molar-refractivity contribution in [1.29, 1.82) is 0 Å². The van der Waals surface area contributed by atoms with Crippen LogP contribution in [0, 0.1) is 0 Å². The Balaban J connectivity index is 3.79. The van der Waals surface area contributed by atoms with E-state index in [4.69, 9.17) is 5.73 Å². The fourth-order valence-corrected chi connectivity index (χ4v) is 0.570. The zero-order chi connectivity index (χ0) is 10.5. The average molecular weight is 199 g/mol. The van der Waals surface area contributed by atoms with Crippen LogP contribution in [0.25, 0.3) is 0 Å². The molecule has 0 aromatic carbocycles. The van der Waals surface area contributed by atoms with Crippen molar-refractivity contribution in [2.45, 2.75) is 32.0 Å². The molecule has 0 amide bonds. The summed E-state index contributed by atoms with van der Waals surface area (Å²) in [5.74, 6) is -0.910. The first-order valence-corrected chi connectivity index (χ1v) is 3.85. The van der Waals surface area contributed by atoms with Gasteiger partial charge in [0.2, 0.25) is 0 Å². The molecule has 1 atom stereocenters. The van der Waals surface area contributed by atoms with Gasteiger partial charge in [0, 0.05) is 0 Å². The smallest absolute Gasteiger partial charge is 0.404 e. The van der Waals surface area contributed by atoms with Crippen molar-refractivity contribution in [3.63, 3.8) is 0 Å². The summed E-state index contributed by atoms with van der Waals surface area (Å²) in [7, 11) is 0. The maximum atomic E-state index is 11.8. The van der Waals surface area contributed by atoms with E-state index in [1.165, 1.54) is 0 Å².